The van der Waals surface area contributed by atoms with Crippen molar-refractivity contribution in [3.63, 3.8) is 0 Å². The summed E-state index contributed by atoms with van der Waals surface area (Å²) in [5.41, 5.74) is 1.84. The largest absolute Gasteiger partial charge is 0.393 e. The fourth-order valence-corrected chi connectivity index (χ4v) is 2.93. The molecule has 1 fully saturated rings. The molecule has 3 N–H and O–H groups in total. The van der Waals surface area contributed by atoms with Crippen LogP contribution in [0.5, 0.6) is 0 Å². The third-order valence-corrected chi connectivity index (χ3v) is 4.29. The number of hydrogen-bond acceptors (Lipinski definition) is 3. The Morgan fingerprint density at radius 3 is 2.83 bits per heavy atom. The summed E-state index contributed by atoms with van der Waals surface area (Å²) in [6.45, 7) is 2.40. The van der Waals surface area contributed by atoms with Gasteiger partial charge in [0.2, 0.25) is 0 Å². The highest BCUT2D eigenvalue weighted by Crippen LogP contribution is 2.24. The lowest BCUT2D eigenvalue weighted by Crippen LogP contribution is -2.35. The van der Waals surface area contributed by atoms with E-state index in [1.165, 1.54) is 0 Å². The lowest BCUT2D eigenvalue weighted by Gasteiger charge is -2.15. The molecule has 0 radical (unpaired) electrons. The van der Waals surface area contributed by atoms with E-state index in [1.807, 2.05) is 43.5 Å². The van der Waals surface area contributed by atoms with E-state index in [4.69, 9.17) is 0 Å². The van der Waals surface area contributed by atoms with Crippen LogP contribution in [-0.2, 0) is 0 Å². The fourth-order valence-electron chi connectivity index (χ4n) is 2.93. The van der Waals surface area contributed by atoms with Crippen molar-refractivity contribution in [2.24, 2.45) is 5.92 Å². The van der Waals surface area contributed by atoms with E-state index in [0.717, 1.165) is 30.5 Å². The van der Waals surface area contributed by atoms with Gasteiger partial charge in [0.05, 0.1) is 11.8 Å². The van der Waals surface area contributed by atoms with Crippen molar-refractivity contribution in [1.82, 2.24) is 15.1 Å². The van der Waals surface area contributed by atoms with Crippen molar-refractivity contribution in [2.75, 3.05) is 11.9 Å². The zero-order valence-corrected chi connectivity index (χ0v) is 13.2. The van der Waals surface area contributed by atoms with E-state index in [-0.39, 0.29) is 18.1 Å². The molecule has 3 rings (SSSR count). The van der Waals surface area contributed by atoms with Gasteiger partial charge in [-0.2, -0.15) is 0 Å². The number of aliphatic hydroxyl groups is 1. The summed E-state index contributed by atoms with van der Waals surface area (Å²) in [4.78, 5) is 12.0. The maximum atomic E-state index is 12.0. The molecular weight excluding hydrogens is 292 g/mol. The maximum absolute atomic E-state index is 12.0. The number of aryl methyl sites for hydroxylation is 1. The summed E-state index contributed by atoms with van der Waals surface area (Å²) in [6, 6.07) is 9.46. The molecule has 6 heteroatoms. The number of urea groups is 1. The van der Waals surface area contributed by atoms with Crippen LogP contribution in [-0.4, -0.2) is 33.6 Å². The highest BCUT2D eigenvalue weighted by molar-refractivity contribution is 5.88. The smallest absolute Gasteiger partial charge is 0.320 e. The molecule has 2 amide bonds. The summed E-state index contributed by atoms with van der Waals surface area (Å²) >= 11 is 0. The van der Waals surface area contributed by atoms with E-state index < -0.39 is 0 Å². The molecule has 23 heavy (non-hydrogen) atoms. The molecule has 0 spiro atoms. The van der Waals surface area contributed by atoms with Crippen LogP contribution in [0.3, 0.4) is 0 Å². The normalized spacial score (nSPS) is 20.4. The van der Waals surface area contributed by atoms with Crippen molar-refractivity contribution in [2.45, 2.75) is 32.3 Å². The van der Waals surface area contributed by atoms with Gasteiger partial charge >= 0.3 is 6.03 Å². The molecule has 0 bridgehead atoms. The van der Waals surface area contributed by atoms with Gasteiger partial charge in [-0.1, -0.05) is 24.6 Å². The molecule has 1 aromatic heterocycles. The van der Waals surface area contributed by atoms with Gasteiger partial charge in [-0.3, -0.25) is 5.32 Å². The van der Waals surface area contributed by atoms with Crippen LogP contribution >= 0.6 is 0 Å². The Kier molecular flexibility index (Phi) is 4.62. The number of hydrogen-bond donors (Lipinski definition) is 3. The average molecular weight is 314 g/mol. The number of rotatable bonds is 4. The number of carbonyl (C=O) groups excluding carboxylic acids is 1. The lowest BCUT2D eigenvalue weighted by molar-refractivity contribution is 0.133. The molecule has 2 aromatic rings. The highest BCUT2D eigenvalue weighted by atomic mass is 16.3. The molecule has 2 atom stereocenters. The third-order valence-electron chi connectivity index (χ3n) is 4.29. The first kappa shape index (κ1) is 15.6. The summed E-state index contributed by atoms with van der Waals surface area (Å²) in [6.07, 6.45) is 4.40. The van der Waals surface area contributed by atoms with Crippen LogP contribution in [0.1, 0.15) is 24.8 Å². The molecule has 1 aliphatic rings. The standard InChI is InChI=1S/C17H22N4O2/c1-12-11-21(14-7-3-2-4-8-14)20-16(12)19-17(23)18-10-13-6-5-9-15(13)22/h2-4,7-8,11,13,15,22H,5-6,9-10H2,1H3,(H2,18,19,20,23)/t13-,15-/m0/s1. The number of aliphatic hydroxyl groups excluding tert-OH is 1. The van der Waals surface area contributed by atoms with Gasteiger partial charge in [0.25, 0.3) is 0 Å². The molecule has 6 nitrogen and oxygen atoms in total. The number of carbonyl (C=O) groups is 1. The molecule has 0 saturated heterocycles. The molecule has 0 unspecified atom stereocenters. The predicted molar refractivity (Wildman–Crippen MR) is 88.7 cm³/mol. The first-order chi connectivity index (χ1) is 11.1. The summed E-state index contributed by atoms with van der Waals surface area (Å²) in [5, 5.41) is 19.8. The van der Waals surface area contributed by atoms with E-state index in [2.05, 4.69) is 15.7 Å². The van der Waals surface area contributed by atoms with Gasteiger partial charge in [0, 0.05) is 24.2 Å². The van der Waals surface area contributed by atoms with E-state index in [1.54, 1.807) is 4.68 Å². The van der Waals surface area contributed by atoms with E-state index in [9.17, 15) is 9.90 Å². The second kappa shape index (κ2) is 6.83. The predicted octanol–water partition coefficient (Wildman–Crippen LogP) is 2.46. The van der Waals surface area contributed by atoms with Crippen molar-refractivity contribution >= 4 is 11.8 Å². The Bertz CT molecular complexity index is 668. The average Bonchev–Trinajstić information content (AvgIpc) is 3.12. The Hall–Kier alpha value is -2.34. The molecule has 1 saturated carbocycles. The van der Waals surface area contributed by atoms with Gasteiger partial charge in [0.15, 0.2) is 5.82 Å². The zero-order valence-electron chi connectivity index (χ0n) is 13.2. The third kappa shape index (κ3) is 3.71. The van der Waals surface area contributed by atoms with Crippen molar-refractivity contribution in [3.05, 3.63) is 42.1 Å². The van der Waals surface area contributed by atoms with Gasteiger partial charge in [-0.05, 0) is 31.9 Å². The number of para-hydroxylation sites is 1. The number of amides is 2. The number of anilines is 1. The number of nitrogens with zero attached hydrogens (tertiary/aromatic N) is 2. The van der Waals surface area contributed by atoms with Gasteiger partial charge in [-0.25, -0.2) is 9.48 Å². The number of nitrogens with one attached hydrogen (secondary N) is 2. The summed E-state index contributed by atoms with van der Waals surface area (Å²) < 4.78 is 1.74. The van der Waals surface area contributed by atoms with E-state index >= 15 is 0 Å². The molecule has 0 aliphatic heterocycles. The minimum absolute atomic E-state index is 0.156. The molecule has 122 valence electrons. The van der Waals surface area contributed by atoms with Gasteiger partial charge < -0.3 is 10.4 Å². The molecule has 1 aliphatic carbocycles. The Morgan fingerprint density at radius 1 is 1.35 bits per heavy atom. The SMILES string of the molecule is Cc1cn(-c2ccccc2)nc1NC(=O)NC[C@@H]1CCC[C@@H]1O. The fraction of sp³-hybridized carbons (Fsp3) is 0.412. The Labute approximate surface area is 135 Å². The maximum Gasteiger partial charge on any atom is 0.320 e. The molecule has 1 aromatic carbocycles. The van der Waals surface area contributed by atoms with Crippen LogP contribution in [0.15, 0.2) is 36.5 Å². The summed E-state index contributed by atoms with van der Waals surface area (Å²) in [7, 11) is 0. The van der Waals surface area contributed by atoms with Crippen LogP contribution < -0.4 is 10.6 Å². The molecular formula is C17H22N4O2. The van der Waals surface area contributed by atoms with Crippen LogP contribution in [0.4, 0.5) is 10.6 Å². The highest BCUT2D eigenvalue weighted by Gasteiger charge is 2.25. The Morgan fingerprint density at radius 2 is 2.13 bits per heavy atom. The van der Waals surface area contributed by atoms with Crippen LogP contribution in [0.2, 0.25) is 0 Å². The van der Waals surface area contributed by atoms with E-state index in [0.29, 0.717) is 12.4 Å². The molecule has 1 heterocycles. The number of benzene rings is 1. The first-order valence-corrected chi connectivity index (χ1v) is 7.98. The first-order valence-electron chi connectivity index (χ1n) is 7.98. The Balaban J connectivity index is 1.59. The quantitative estimate of drug-likeness (QED) is 0.811. The van der Waals surface area contributed by atoms with Crippen molar-refractivity contribution in [1.29, 1.82) is 0 Å². The van der Waals surface area contributed by atoms with Crippen molar-refractivity contribution in [3.8, 4) is 5.69 Å². The minimum Gasteiger partial charge on any atom is -0.393 e. The topological polar surface area (TPSA) is 79.2 Å². The monoisotopic (exact) mass is 314 g/mol. The van der Waals surface area contributed by atoms with Crippen LogP contribution in [0.25, 0.3) is 5.69 Å². The van der Waals surface area contributed by atoms with Crippen LogP contribution in [0, 0.1) is 12.8 Å². The van der Waals surface area contributed by atoms with Gasteiger partial charge in [0.1, 0.15) is 0 Å². The number of aromatic nitrogens is 2. The lowest BCUT2D eigenvalue weighted by atomic mass is 10.1. The second-order valence-electron chi connectivity index (χ2n) is 6.03. The second-order valence-corrected chi connectivity index (χ2v) is 6.03. The van der Waals surface area contributed by atoms with Gasteiger partial charge in [-0.15, -0.1) is 5.10 Å². The minimum atomic E-state index is -0.297. The zero-order chi connectivity index (χ0) is 16.2. The van der Waals surface area contributed by atoms with Crippen molar-refractivity contribution < 1.29 is 9.90 Å². The summed E-state index contributed by atoms with van der Waals surface area (Å²) in [5.74, 6) is 0.696.